The molecule has 3 heteroatoms. The molecule has 1 N–H and O–H groups in total. The summed E-state index contributed by atoms with van der Waals surface area (Å²) in [6, 6.07) is 10.4. The molecule has 1 amide bonds. The highest BCUT2D eigenvalue weighted by molar-refractivity contribution is 5.77. The van der Waals surface area contributed by atoms with E-state index in [0.29, 0.717) is 6.04 Å². The van der Waals surface area contributed by atoms with Gasteiger partial charge in [-0.3, -0.25) is 4.79 Å². The SMILES string of the molecule is Cc1ccc(C(C#N)CC(=O)NC2CCCC2)cc1. The lowest BCUT2D eigenvalue weighted by atomic mass is 9.96. The molecule has 0 saturated heterocycles. The second-order valence-corrected chi connectivity index (χ2v) is 5.35. The third-order valence-corrected chi connectivity index (χ3v) is 3.75. The first-order valence-electron chi connectivity index (χ1n) is 6.94. The van der Waals surface area contributed by atoms with Crippen molar-refractivity contribution in [2.45, 2.75) is 51.0 Å². The Morgan fingerprint density at radius 2 is 2.00 bits per heavy atom. The number of aryl methyl sites for hydroxylation is 1. The van der Waals surface area contributed by atoms with Gasteiger partial charge in [0.25, 0.3) is 0 Å². The van der Waals surface area contributed by atoms with Gasteiger partial charge in [0.2, 0.25) is 5.91 Å². The molecule has 1 aliphatic carbocycles. The van der Waals surface area contributed by atoms with Crippen LogP contribution in [0.4, 0.5) is 0 Å². The highest BCUT2D eigenvalue weighted by atomic mass is 16.1. The summed E-state index contributed by atoms with van der Waals surface area (Å²) in [5, 5.41) is 12.3. The topological polar surface area (TPSA) is 52.9 Å². The van der Waals surface area contributed by atoms with Crippen LogP contribution in [0, 0.1) is 18.3 Å². The maximum absolute atomic E-state index is 11.9. The highest BCUT2D eigenvalue weighted by Crippen LogP contribution is 2.21. The van der Waals surface area contributed by atoms with Crippen molar-refractivity contribution >= 4 is 5.91 Å². The van der Waals surface area contributed by atoms with Crippen molar-refractivity contribution in [3.63, 3.8) is 0 Å². The van der Waals surface area contributed by atoms with Gasteiger partial charge in [-0.1, -0.05) is 42.7 Å². The molecule has 1 atom stereocenters. The van der Waals surface area contributed by atoms with Gasteiger partial charge in [0.05, 0.1) is 12.0 Å². The molecule has 1 aliphatic rings. The van der Waals surface area contributed by atoms with Gasteiger partial charge in [-0.25, -0.2) is 0 Å². The van der Waals surface area contributed by atoms with E-state index in [0.717, 1.165) is 24.0 Å². The monoisotopic (exact) mass is 256 g/mol. The number of nitrogens with one attached hydrogen (secondary N) is 1. The third kappa shape index (κ3) is 3.82. The molecule has 100 valence electrons. The van der Waals surface area contributed by atoms with Crippen LogP contribution < -0.4 is 5.32 Å². The number of hydrogen-bond donors (Lipinski definition) is 1. The molecule has 1 saturated carbocycles. The summed E-state index contributed by atoms with van der Waals surface area (Å²) in [5.74, 6) is -0.346. The fourth-order valence-corrected chi connectivity index (χ4v) is 2.58. The average Bonchev–Trinajstić information content (AvgIpc) is 2.90. The Morgan fingerprint density at radius 1 is 1.37 bits per heavy atom. The van der Waals surface area contributed by atoms with E-state index in [1.807, 2.05) is 31.2 Å². The molecule has 19 heavy (non-hydrogen) atoms. The minimum Gasteiger partial charge on any atom is -0.353 e. The molecule has 0 bridgehead atoms. The van der Waals surface area contributed by atoms with Crippen LogP contribution in [0.5, 0.6) is 0 Å². The first-order valence-corrected chi connectivity index (χ1v) is 6.94. The maximum atomic E-state index is 11.9. The Hall–Kier alpha value is -1.82. The summed E-state index contributed by atoms with van der Waals surface area (Å²) >= 11 is 0. The van der Waals surface area contributed by atoms with Crippen LogP contribution in [0.15, 0.2) is 24.3 Å². The number of carbonyl (C=O) groups is 1. The van der Waals surface area contributed by atoms with Crippen molar-refractivity contribution < 1.29 is 4.79 Å². The van der Waals surface area contributed by atoms with E-state index in [2.05, 4.69) is 11.4 Å². The van der Waals surface area contributed by atoms with Crippen molar-refractivity contribution in [1.29, 1.82) is 5.26 Å². The Morgan fingerprint density at radius 3 is 2.58 bits per heavy atom. The van der Waals surface area contributed by atoms with Crippen LogP contribution in [-0.2, 0) is 4.79 Å². The van der Waals surface area contributed by atoms with Crippen molar-refractivity contribution in [2.75, 3.05) is 0 Å². The number of carbonyl (C=O) groups excluding carboxylic acids is 1. The molecule has 0 aliphatic heterocycles. The minimum absolute atomic E-state index is 0.000903. The molecule has 1 unspecified atom stereocenters. The normalized spacial score (nSPS) is 16.8. The average molecular weight is 256 g/mol. The molecular weight excluding hydrogens is 236 g/mol. The van der Waals surface area contributed by atoms with Crippen LogP contribution >= 0.6 is 0 Å². The smallest absolute Gasteiger partial charge is 0.221 e. The van der Waals surface area contributed by atoms with E-state index in [9.17, 15) is 10.1 Å². The standard InChI is InChI=1S/C16H20N2O/c1-12-6-8-13(9-7-12)14(11-17)10-16(19)18-15-4-2-3-5-15/h6-9,14-15H,2-5,10H2,1H3,(H,18,19). The maximum Gasteiger partial charge on any atom is 0.221 e. The lowest BCUT2D eigenvalue weighted by Gasteiger charge is -2.14. The van der Waals surface area contributed by atoms with Gasteiger partial charge in [0.15, 0.2) is 0 Å². The Kier molecular flexibility index (Phi) is 4.57. The molecule has 1 aromatic carbocycles. The van der Waals surface area contributed by atoms with Crippen molar-refractivity contribution in [3.8, 4) is 6.07 Å². The van der Waals surface area contributed by atoms with Gasteiger partial charge in [-0.2, -0.15) is 5.26 Å². The fourth-order valence-electron chi connectivity index (χ4n) is 2.58. The van der Waals surface area contributed by atoms with Crippen LogP contribution in [0.2, 0.25) is 0 Å². The Balaban J connectivity index is 1.93. The number of hydrogen-bond acceptors (Lipinski definition) is 2. The molecule has 3 nitrogen and oxygen atoms in total. The van der Waals surface area contributed by atoms with Gasteiger partial charge in [0, 0.05) is 12.5 Å². The van der Waals surface area contributed by atoms with Crippen LogP contribution in [0.3, 0.4) is 0 Å². The summed E-state index contributed by atoms with van der Waals surface area (Å²) in [7, 11) is 0. The minimum atomic E-state index is -0.345. The zero-order chi connectivity index (χ0) is 13.7. The predicted molar refractivity (Wildman–Crippen MR) is 74.5 cm³/mol. The van der Waals surface area contributed by atoms with Crippen molar-refractivity contribution in [3.05, 3.63) is 35.4 Å². The summed E-state index contributed by atoms with van der Waals surface area (Å²) in [6.45, 7) is 2.01. The number of nitriles is 1. The number of nitrogens with zero attached hydrogens (tertiary/aromatic N) is 1. The lowest BCUT2D eigenvalue weighted by Crippen LogP contribution is -2.33. The van der Waals surface area contributed by atoms with E-state index < -0.39 is 0 Å². The van der Waals surface area contributed by atoms with E-state index in [1.54, 1.807) is 0 Å². The quantitative estimate of drug-likeness (QED) is 0.900. The first kappa shape index (κ1) is 13.6. The Bertz CT molecular complexity index is 467. The molecule has 0 heterocycles. The van der Waals surface area contributed by atoms with Gasteiger partial charge in [-0.05, 0) is 25.3 Å². The van der Waals surface area contributed by atoms with Gasteiger partial charge in [-0.15, -0.1) is 0 Å². The predicted octanol–water partition coefficient (Wildman–Crippen LogP) is 3.05. The van der Waals surface area contributed by atoms with Gasteiger partial charge in [0.1, 0.15) is 0 Å². The summed E-state index contributed by atoms with van der Waals surface area (Å²) < 4.78 is 0. The molecule has 1 aromatic rings. The van der Waals surface area contributed by atoms with Crippen LogP contribution in [0.25, 0.3) is 0 Å². The third-order valence-electron chi connectivity index (χ3n) is 3.75. The van der Waals surface area contributed by atoms with Crippen molar-refractivity contribution in [1.82, 2.24) is 5.32 Å². The molecular formula is C16H20N2O. The number of amides is 1. The summed E-state index contributed by atoms with van der Waals surface area (Å²) in [5.41, 5.74) is 2.09. The summed E-state index contributed by atoms with van der Waals surface area (Å²) in [4.78, 5) is 11.9. The first-order chi connectivity index (χ1) is 9.19. The largest absolute Gasteiger partial charge is 0.353 e. The van der Waals surface area contributed by atoms with E-state index in [4.69, 9.17) is 0 Å². The Labute approximate surface area is 114 Å². The highest BCUT2D eigenvalue weighted by Gasteiger charge is 2.20. The van der Waals surface area contributed by atoms with Crippen LogP contribution in [0.1, 0.15) is 49.1 Å². The van der Waals surface area contributed by atoms with Gasteiger partial charge < -0.3 is 5.32 Å². The van der Waals surface area contributed by atoms with E-state index >= 15 is 0 Å². The molecule has 0 radical (unpaired) electrons. The molecule has 1 fully saturated rings. The molecule has 0 aromatic heterocycles. The second kappa shape index (κ2) is 6.38. The molecule has 0 spiro atoms. The molecule has 2 rings (SSSR count). The van der Waals surface area contributed by atoms with Crippen LogP contribution in [-0.4, -0.2) is 11.9 Å². The lowest BCUT2D eigenvalue weighted by molar-refractivity contribution is -0.121. The van der Waals surface area contributed by atoms with E-state index in [1.165, 1.54) is 12.8 Å². The zero-order valence-electron chi connectivity index (χ0n) is 11.4. The summed E-state index contributed by atoms with van der Waals surface area (Å²) in [6.07, 6.45) is 4.81. The van der Waals surface area contributed by atoms with Gasteiger partial charge >= 0.3 is 0 Å². The number of benzene rings is 1. The second-order valence-electron chi connectivity index (χ2n) is 5.35. The number of rotatable bonds is 4. The van der Waals surface area contributed by atoms with Crippen molar-refractivity contribution in [2.24, 2.45) is 0 Å². The zero-order valence-corrected chi connectivity index (χ0v) is 11.4. The van der Waals surface area contributed by atoms with E-state index in [-0.39, 0.29) is 18.2 Å². The fraction of sp³-hybridized carbons (Fsp3) is 0.500.